The third kappa shape index (κ3) is 4.13. The first-order chi connectivity index (χ1) is 14.2. The van der Waals surface area contributed by atoms with Crippen molar-refractivity contribution in [2.45, 2.75) is 6.54 Å². The van der Waals surface area contributed by atoms with E-state index in [-0.39, 0.29) is 0 Å². The first kappa shape index (κ1) is 19.8. The molecule has 1 N–H and O–H groups in total. The summed E-state index contributed by atoms with van der Waals surface area (Å²) in [6.45, 7) is 0.562. The zero-order chi connectivity index (χ0) is 20.2. The average molecular weight is 519 g/mol. The molecule has 0 amide bonds. The monoisotopic (exact) mass is 519 g/mol. The van der Waals surface area contributed by atoms with Crippen LogP contribution in [0.4, 0.5) is 5.82 Å². The molecule has 0 aliphatic carbocycles. The summed E-state index contributed by atoms with van der Waals surface area (Å²) >= 11 is 2.33. The van der Waals surface area contributed by atoms with Gasteiger partial charge in [-0.15, -0.1) is 0 Å². The van der Waals surface area contributed by atoms with Gasteiger partial charge >= 0.3 is 0 Å². The molecule has 0 aliphatic rings. The van der Waals surface area contributed by atoms with Crippen LogP contribution in [-0.2, 0) is 6.54 Å². The predicted molar refractivity (Wildman–Crippen MR) is 125 cm³/mol. The molecule has 148 valence electrons. The maximum Gasteiger partial charge on any atom is 0.138 e. The number of benzene rings is 1. The van der Waals surface area contributed by atoms with Crippen LogP contribution in [0.25, 0.3) is 22.2 Å². The SMILES string of the molecule is COc1ccc(CNc2nc(-c3ccncc3)cc3c2cnn3PI)c(OC)c1. The fourth-order valence-electron chi connectivity index (χ4n) is 3.07. The quantitative estimate of drug-likeness (QED) is 0.276. The van der Waals surface area contributed by atoms with E-state index in [4.69, 9.17) is 14.5 Å². The predicted octanol–water partition coefficient (Wildman–Crippen LogP) is 4.91. The van der Waals surface area contributed by atoms with E-state index in [2.05, 4.69) is 43.5 Å². The maximum absolute atomic E-state index is 5.51. The van der Waals surface area contributed by atoms with Crippen LogP contribution >= 0.6 is 28.4 Å². The van der Waals surface area contributed by atoms with Crippen LogP contribution in [0.15, 0.2) is 55.0 Å². The van der Waals surface area contributed by atoms with Gasteiger partial charge in [0.1, 0.15) is 17.3 Å². The standard InChI is InChI=1S/C20H19IN5O2P/c1-27-15-4-3-14(19(9-15)28-2)11-23-20-16-12-24-26(29-21)18(16)10-17(25-20)13-5-7-22-8-6-13/h3-10,12,29H,11H2,1-2H3,(H,23,25). The summed E-state index contributed by atoms with van der Waals surface area (Å²) < 4.78 is 12.8. The third-order valence-corrected chi connectivity index (χ3v) is 6.45. The second kappa shape index (κ2) is 8.92. The fourth-order valence-corrected chi connectivity index (χ4v) is 4.60. The highest BCUT2D eigenvalue weighted by molar-refractivity contribution is 14.2. The summed E-state index contributed by atoms with van der Waals surface area (Å²) in [6, 6.07) is 11.8. The van der Waals surface area contributed by atoms with Crippen molar-refractivity contribution in [2.24, 2.45) is 0 Å². The number of nitrogens with one attached hydrogen (secondary N) is 1. The molecule has 29 heavy (non-hydrogen) atoms. The van der Waals surface area contributed by atoms with Crippen molar-refractivity contribution < 1.29 is 9.47 Å². The highest BCUT2D eigenvalue weighted by Crippen LogP contribution is 2.34. The van der Waals surface area contributed by atoms with Gasteiger partial charge in [-0.25, -0.2) is 9.44 Å². The Labute approximate surface area is 183 Å². The van der Waals surface area contributed by atoms with Crippen molar-refractivity contribution in [3.8, 4) is 22.8 Å². The van der Waals surface area contributed by atoms with E-state index >= 15 is 0 Å². The molecule has 0 saturated carbocycles. The minimum Gasteiger partial charge on any atom is -0.497 e. The largest absolute Gasteiger partial charge is 0.497 e. The lowest BCUT2D eigenvalue weighted by atomic mass is 10.1. The molecule has 9 heteroatoms. The second-order valence-corrected chi connectivity index (χ2v) is 8.24. The Morgan fingerprint density at radius 1 is 1.10 bits per heavy atom. The van der Waals surface area contributed by atoms with Crippen molar-refractivity contribution in [1.82, 2.24) is 19.5 Å². The first-order valence-electron chi connectivity index (χ1n) is 8.84. The molecule has 0 saturated heterocycles. The van der Waals surface area contributed by atoms with Crippen LogP contribution in [0.5, 0.6) is 11.5 Å². The van der Waals surface area contributed by atoms with Crippen molar-refractivity contribution in [2.75, 3.05) is 19.5 Å². The van der Waals surface area contributed by atoms with E-state index in [0.29, 0.717) is 12.9 Å². The van der Waals surface area contributed by atoms with Crippen LogP contribution in [0.3, 0.4) is 0 Å². The summed E-state index contributed by atoms with van der Waals surface area (Å²) in [6.07, 6.45) is 5.91. The molecule has 0 radical (unpaired) electrons. The van der Waals surface area contributed by atoms with Gasteiger partial charge in [0.25, 0.3) is 0 Å². The fraction of sp³-hybridized carbons (Fsp3) is 0.150. The minimum atomic E-state index is 0.504. The Hall–Kier alpha value is -2.45. The molecule has 7 nitrogen and oxygen atoms in total. The van der Waals surface area contributed by atoms with E-state index in [1.807, 2.05) is 41.0 Å². The topological polar surface area (TPSA) is 74.1 Å². The van der Waals surface area contributed by atoms with Crippen molar-refractivity contribution in [3.05, 3.63) is 60.6 Å². The van der Waals surface area contributed by atoms with Gasteiger partial charge in [-0.2, -0.15) is 5.10 Å². The summed E-state index contributed by atoms with van der Waals surface area (Å²) in [5.74, 6) is 2.31. The van der Waals surface area contributed by atoms with Crippen LogP contribution in [0.1, 0.15) is 5.56 Å². The van der Waals surface area contributed by atoms with E-state index in [1.165, 1.54) is 0 Å². The van der Waals surface area contributed by atoms with Gasteiger partial charge < -0.3 is 14.8 Å². The van der Waals surface area contributed by atoms with Crippen LogP contribution in [0.2, 0.25) is 0 Å². The highest BCUT2D eigenvalue weighted by Gasteiger charge is 2.13. The van der Waals surface area contributed by atoms with Crippen LogP contribution in [0, 0.1) is 0 Å². The Kier molecular flexibility index (Phi) is 6.10. The number of ether oxygens (including phenoxy) is 2. The third-order valence-electron chi connectivity index (χ3n) is 4.56. The smallest absolute Gasteiger partial charge is 0.138 e. The molecule has 0 spiro atoms. The molecule has 3 heterocycles. The Morgan fingerprint density at radius 3 is 2.66 bits per heavy atom. The lowest BCUT2D eigenvalue weighted by molar-refractivity contribution is 0.391. The number of nitrogens with zero attached hydrogens (tertiary/aromatic N) is 4. The van der Waals surface area contributed by atoms with Crippen molar-refractivity contribution >= 4 is 45.1 Å². The lowest BCUT2D eigenvalue weighted by Gasteiger charge is -2.13. The van der Waals surface area contributed by atoms with Crippen molar-refractivity contribution in [3.63, 3.8) is 0 Å². The Balaban J connectivity index is 1.72. The highest BCUT2D eigenvalue weighted by atomic mass is 127. The Bertz CT molecular complexity index is 1140. The van der Waals surface area contributed by atoms with Gasteiger partial charge in [0, 0.05) is 36.1 Å². The zero-order valence-corrected chi connectivity index (χ0v) is 19.0. The summed E-state index contributed by atoms with van der Waals surface area (Å²) in [5, 5.41) is 8.96. The Morgan fingerprint density at radius 2 is 1.93 bits per heavy atom. The summed E-state index contributed by atoms with van der Waals surface area (Å²) in [5.41, 5.74) is 3.95. The molecular formula is C20H19IN5O2P. The second-order valence-electron chi connectivity index (χ2n) is 6.20. The van der Waals surface area contributed by atoms with E-state index in [1.54, 1.807) is 26.6 Å². The number of aromatic nitrogens is 4. The molecule has 0 bridgehead atoms. The summed E-state index contributed by atoms with van der Waals surface area (Å²) in [7, 11) is 3.30. The number of halogens is 1. The maximum atomic E-state index is 5.51. The van der Waals surface area contributed by atoms with Crippen LogP contribution in [-0.4, -0.2) is 33.7 Å². The molecule has 4 rings (SSSR count). The number of hydrogen-bond donors (Lipinski definition) is 1. The molecule has 1 unspecified atom stereocenters. The first-order valence-corrected chi connectivity index (χ1v) is 12.9. The normalized spacial score (nSPS) is 11.3. The lowest BCUT2D eigenvalue weighted by Crippen LogP contribution is -2.04. The number of anilines is 1. The average Bonchev–Trinajstić information content (AvgIpc) is 3.21. The van der Waals surface area contributed by atoms with Crippen LogP contribution < -0.4 is 14.8 Å². The molecule has 1 atom stereocenters. The number of methoxy groups -OCH3 is 2. The van der Waals surface area contributed by atoms with Crippen molar-refractivity contribution in [1.29, 1.82) is 0 Å². The van der Waals surface area contributed by atoms with Gasteiger partial charge in [0.05, 0.1) is 43.4 Å². The van der Waals surface area contributed by atoms with Gasteiger partial charge in [-0.1, -0.05) is 0 Å². The zero-order valence-electron chi connectivity index (χ0n) is 15.9. The molecule has 4 aromatic rings. The van der Waals surface area contributed by atoms with Gasteiger partial charge in [-0.05, 0) is 52.4 Å². The molecule has 3 aromatic heterocycles. The minimum absolute atomic E-state index is 0.504. The summed E-state index contributed by atoms with van der Waals surface area (Å²) in [4.78, 5) is 8.97. The van der Waals surface area contributed by atoms with E-state index in [9.17, 15) is 0 Å². The molecule has 0 aliphatic heterocycles. The number of hydrogen-bond acceptors (Lipinski definition) is 6. The molecule has 0 fully saturated rings. The van der Waals surface area contributed by atoms with E-state index in [0.717, 1.165) is 45.0 Å². The van der Waals surface area contributed by atoms with Gasteiger partial charge in [0.2, 0.25) is 0 Å². The van der Waals surface area contributed by atoms with Gasteiger partial charge in [0.15, 0.2) is 0 Å². The number of rotatable bonds is 7. The van der Waals surface area contributed by atoms with Gasteiger partial charge in [-0.3, -0.25) is 4.98 Å². The number of pyridine rings is 2. The number of fused-ring (bicyclic) bond motifs is 1. The van der Waals surface area contributed by atoms with E-state index < -0.39 is 0 Å². The molecular weight excluding hydrogens is 500 g/mol. The molecule has 1 aromatic carbocycles.